The van der Waals surface area contributed by atoms with E-state index < -0.39 is 0 Å². The van der Waals surface area contributed by atoms with Crippen LogP contribution >= 0.6 is 22.7 Å². The quantitative estimate of drug-likeness (QED) is 0.809. The molecular weight excluding hydrogens is 340 g/mol. The lowest BCUT2D eigenvalue weighted by Crippen LogP contribution is -2.65. The highest BCUT2D eigenvalue weighted by Crippen LogP contribution is 2.36. The van der Waals surface area contributed by atoms with Gasteiger partial charge in [-0.25, -0.2) is 4.98 Å². The summed E-state index contributed by atoms with van der Waals surface area (Å²) in [5, 5.41) is 3.20. The normalized spacial score (nSPS) is 23.5. The first-order valence-corrected chi connectivity index (χ1v) is 10.2. The van der Waals surface area contributed by atoms with Crippen LogP contribution in [-0.2, 0) is 22.6 Å². The number of aryl methyl sites for hydroxylation is 2. The van der Waals surface area contributed by atoms with Crippen LogP contribution < -0.4 is 0 Å². The van der Waals surface area contributed by atoms with E-state index in [2.05, 4.69) is 34.3 Å². The lowest BCUT2D eigenvalue weighted by atomic mass is 9.84. The number of aromatic nitrogens is 1. The Labute approximate surface area is 151 Å². The number of ether oxygens (including phenoxy) is 2. The minimum Gasteiger partial charge on any atom is -0.372 e. The third-order valence-corrected chi connectivity index (χ3v) is 6.59. The second-order valence-electron chi connectivity index (χ2n) is 6.97. The molecule has 0 saturated carbocycles. The fourth-order valence-corrected chi connectivity index (χ4v) is 5.22. The molecule has 24 heavy (non-hydrogen) atoms. The molecule has 0 unspecified atom stereocenters. The highest BCUT2D eigenvalue weighted by Gasteiger charge is 2.47. The molecule has 2 fully saturated rings. The Hall–Kier alpha value is -0.790. The van der Waals surface area contributed by atoms with Crippen molar-refractivity contribution >= 4 is 22.7 Å². The number of thiophene rings is 1. The molecule has 130 valence electrons. The summed E-state index contributed by atoms with van der Waals surface area (Å²) in [6.07, 6.45) is 2.30. The van der Waals surface area contributed by atoms with E-state index in [0.717, 1.165) is 49.8 Å². The zero-order chi connectivity index (χ0) is 16.6. The summed E-state index contributed by atoms with van der Waals surface area (Å²) in [5.74, 6) is 0. The molecule has 4 rings (SSSR count). The predicted molar refractivity (Wildman–Crippen MR) is 97.7 cm³/mol. The first kappa shape index (κ1) is 16.7. The Morgan fingerprint density at radius 2 is 2.25 bits per heavy atom. The van der Waals surface area contributed by atoms with Gasteiger partial charge in [0.1, 0.15) is 0 Å². The lowest BCUT2D eigenvalue weighted by Gasteiger charge is -2.53. The SMILES string of the molecule is Cc1ccc(CN2CC3(C[C@@H](OCc4csc(C)n4)CCO3)C2)s1. The molecule has 4 heterocycles. The van der Waals surface area contributed by atoms with Gasteiger partial charge in [0.2, 0.25) is 0 Å². The van der Waals surface area contributed by atoms with E-state index in [1.807, 2.05) is 18.3 Å². The zero-order valence-corrected chi connectivity index (χ0v) is 15.9. The van der Waals surface area contributed by atoms with Gasteiger partial charge in [-0.15, -0.1) is 22.7 Å². The molecule has 0 aromatic carbocycles. The number of thiazole rings is 1. The molecule has 2 aromatic heterocycles. The van der Waals surface area contributed by atoms with Crippen LogP contribution in [0.2, 0.25) is 0 Å². The van der Waals surface area contributed by atoms with Gasteiger partial charge in [-0.3, -0.25) is 4.90 Å². The van der Waals surface area contributed by atoms with Gasteiger partial charge in [-0.1, -0.05) is 0 Å². The van der Waals surface area contributed by atoms with E-state index in [-0.39, 0.29) is 5.60 Å². The molecule has 2 aliphatic heterocycles. The number of rotatable bonds is 5. The third kappa shape index (κ3) is 3.73. The first-order valence-electron chi connectivity index (χ1n) is 8.54. The summed E-state index contributed by atoms with van der Waals surface area (Å²) in [5.41, 5.74) is 1.08. The summed E-state index contributed by atoms with van der Waals surface area (Å²) in [6.45, 7) is 8.75. The zero-order valence-electron chi connectivity index (χ0n) is 14.3. The Bertz CT molecular complexity index is 691. The maximum atomic E-state index is 6.13. The molecule has 0 N–H and O–H groups in total. The topological polar surface area (TPSA) is 34.6 Å². The van der Waals surface area contributed by atoms with Gasteiger partial charge < -0.3 is 9.47 Å². The van der Waals surface area contributed by atoms with E-state index in [9.17, 15) is 0 Å². The summed E-state index contributed by atoms with van der Waals surface area (Å²) in [6, 6.07) is 4.45. The van der Waals surface area contributed by atoms with Crippen LogP contribution in [0.5, 0.6) is 0 Å². The lowest BCUT2D eigenvalue weighted by molar-refractivity contribution is -0.200. The molecule has 0 bridgehead atoms. The Balaban J connectivity index is 1.26. The van der Waals surface area contributed by atoms with Gasteiger partial charge in [0.25, 0.3) is 0 Å². The summed E-state index contributed by atoms with van der Waals surface area (Å²) in [7, 11) is 0. The molecule has 4 nitrogen and oxygen atoms in total. The van der Waals surface area contributed by atoms with Crippen molar-refractivity contribution in [3.8, 4) is 0 Å². The van der Waals surface area contributed by atoms with E-state index in [0.29, 0.717) is 12.7 Å². The average Bonchev–Trinajstić information content (AvgIpc) is 3.13. The highest BCUT2D eigenvalue weighted by atomic mass is 32.1. The number of hydrogen-bond acceptors (Lipinski definition) is 6. The van der Waals surface area contributed by atoms with Gasteiger partial charge in [0.15, 0.2) is 0 Å². The fraction of sp³-hybridized carbons (Fsp3) is 0.611. The molecule has 1 atom stereocenters. The van der Waals surface area contributed by atoms with Crippen molar-refractivity contribution in [2.75, 3.05) is 19.7 Å². The number of nitrogens with zero attached hydrogens (tertiary/aromatic N) is 2. The van der Waals surface area contributed by atoms with Crippen LogP contribution in [0.15, 0.2) is 17.5 Å². The van der Waals surface area contributed by atoms with Crippen LogP contribution in [0.1, 0.15) is 33.3 Å². The minimum absolute atomic E-state index is 0.0210. The first-order chi connectivity index (χ1) is 11.6. The standard InChI is InChI=1S/C18H24N2O2S2/c1-13-3-4-17(24-13)8-20-11-18(12-20)7-16(5-6-22-18)21-9-15-10-23-14(2)19-15/h3-4,10,16H,5-9,11-12H2,1-2H3/t16-/m0/s1. The second-order valence-corrected chi connectivity index (χ2v) is 9.41. The molecule has 0 aliphatic carbocycles. The average molecular weight is 365 g/mol. The van der Waals surface area contributed by atoms with Crippen molar-refractivity contribution in [1.29, 1.82) is 0 Å². The highest BCUT2D eigenvalue weighted by molar-refractivity contribution is 7.11. The molecule has 2 aromatic rings. The van der Waals surface area contributed by atoms with Crippen molar-refractivity contribution in [2.45, 2.75) is 51.5 Å². The van der Waals surface area contributed by atoms with E-state index >= 15 is 0 Å². The van der Waals surface area contributed by atoms with Gasteiger partial charge in [0.05, 0.1) is 29.0 Å². The van der Waals surface area contributed by atoms with Crippen molar-refractivity contribution in [1.82, 2.24) is 9.88 Å². The summed E-state index contributed by atoms with van der Waals surface area (Å²) >= 11 is 3.58. The van der Waals surface area contributed by atoms with E-state index in [1.165, 1.54) is 9.75 Å². The molecular formula is C18H24N2O2S2. The van der Waals surface area contributed by atoms with Crippen molar-refractivity contribution in [3.05, 3.63) is 38.0 Å². The third-order valence-electron chi connectivity index (χ3n) is 4.78. The fourth-order valence-electron chi connectivity index (χ4n) is 3.69. The van der Waals surface area contributed by atoms with Gasteiger partial charge in [0, 0.05) is 47.8 Å². The van der Waals surface area contributed by atoms with Crippen LogP contribution in [0, 0.1) is 13.8 Å². The summed E-state index contributed by atoms with van der Waals surface area (Å²) in [4.78, 5) is 9.80. The Kier molecular flexibility index (Phi) is 4.75. The van der Waals surface area contributed by atoms with Gasteiger partial charge >= 0.3 is 0 Å². The van der Waals surface area contributed by atoms with E-state index in [1.54, 1.807) is 11.3 Å². The predicted octanol–water partition coefficient (Wildman–Crippen LogP) is 3.77. The van der Waals surface area contributed by atoms with Gasteiger partial charge in [-0.05, 0) is 32.4 Å². The van der Waals surface area contributed by atoms with Crippen LogP contribution in [0.3, 0.4) is 0 Å². The largest absolute Gasteiger partial charge is 0.372 e. The maximum absolute atomic E-state index is 6.13. The molecule has 2 saturated heterocycles. The second kappa shape index (κ2) is 6.84. The molecule has 2 aliphatic rings. The van der Waals surface area contributed by atoms with Crippen molar-refractivity contribution < 1.29 is 9.47 Å². The van der Waals surface area contributed by atoms with E-state index in [4.69, 9.17) is 9.47 Å². The Morgan fingerprint density at radius 3 is 2.96 bits per heavy atom. The maximum Gasteiger partial charge on any atom is 0.0959 e. The molecule has 0 radical (unpaired) electrons. The van der Waals surface area contributed by atoms with Crippen molar-refractivity contribution in [3.63, 3.8) is 0 Å². The van der Waals surface area contributed by atoms with Crippen LogP contribution in [0.4, 0.5) is 0 Å². The number of hydrogen-bond donors (Lipinski definition) is 0. The monoisotopic (exact) mass is 364 g/mol. The summed E-state index contributed by atoms with van der Waals surface area (Å²) < 4.78 is 12.2. The van der Waals surface area contributed by atoms with Crippen LogP contribution in [-0.4, -0.2) is 41.3 Å². The molecule has 0 amide bonds. The van der Waals surface area contributed by atoms with Gasteiger partial charge in [-0.2, -0.15) is 0 Å². The molecule has 1 spiro atoms. The minimum atomic E-state index is 0.0210. The smallest absolute Gasteiger partial charge is 0.0959 e. The Morgan fingerprint density at radius 1 is 1.38 bits per heavy atom. The van der Waals surface area contributed by atoms with Crippen molar-refractivity contribution in [2.24, 2.45) is 0 Å². The number of likely N-dealkylation sites (tertiary alicyclic amines) is 1. The molecule has 6 heteroatoms. The van der Waals surface area contributed by atoms with Crippen LogP contribution in [0.25, 0.3) is 0 Å².